The molecule has 1 aliphatic rings. The van der Waals surface area contributed by atoms with Crippen molar-refractivity contribution in [2.75, 3.05) is 27.3 Å². The lowest BCUT2D eigenvalue weighted by atomic mass is 9.95. The summed E-state index contributed by atoms with van der Waals surface area (Å²) in [7, 11) is 3.16. The van der Waals surface area contributed by atoms with Crippen LogP contribution in [0.25, 0.3) is 0 Å². The SMILES string of the molecule is COc1ccc(OC)c(C(=O)N2CCC(c3ncc[nH]3)CC2)c1. The standard InChI is InChI=1S/C17H21N3O3/c1-22-13-3-4-15(23-2)14(11-13)17(21)20-9-5-12(6-10-20)16-18-7-8-19-16/h3-4,7-8,11-12H,5-6,9-10H2,1-2H3,(H,18,19). The van der Waals surface area contributed by atoms with Crippen LogP contribution in [0.1, 0.15) is 34.9 Å². The van der Waals surface area contributed by atoms with Gasteiger partial charge in [0.05, 0.1) is 19.8 Å². The number of aromatic nitrogens is 2. The van der Waals surface area contributed by atoms with Gasteiger partial charge in [-0.05, 0) is 31.0 Å². The minimum Gasteiger partial charge on any atom is -0.497 e. The van der Waals surface area contributed by atoms with Crippen LogP contribution in [-0.2, 0) is 0 Å². The minimum atomic E-state index is -0.0151. The number of ether oxygens (including phenoxy) is 2. The van der Waals surface area contributed by atoms with Gasteiger partial charge in [-0.3, -0.25) is 4.79 Å². The third-order valence-corrected chi connectivity index (χ3v) is 4.33. The zero-order valence-corrected chi connectivity index (χ0v) is 13.4. The molecule has 1 aliphatic heterocycles. The normalized spacial score (nSPS) is 15.5. The Balaban J connectivity index is 1.72. The van der Waals surface area contributed by atoms with Gasteiger partial charge in [0.25, 0.3) is 5.91 Å². The van der Waals surface area contributed by atoms with Gasteiger partial charge in [0.15, 0.2) is 0 Å². The second kappa shape index (κ2) is 6.73. The molecule has 0 saturated carbocycles. The average molecular weight is 315 g/mol. The van der Waals surface area contributed by atoms with Gasteiger partial charge in [0.2, 0.25) is 0 Å². The third kappa shape index (κ3) is 3.16. The molecule has 1 aromatic carbocycles. The number of carbonyl (C=O) groups is 1. The van der Waals surface area contributed by atoms with Gasteiger partial charge in [0.1, 0.15) is 17.3 Å². The summed E-state index contributed by atoms with van der Waals surface area (Å²) < 4.78 is 10.5. The predicted octanol–water partition coefficient (Wildman–Crippen LogP) is 2.45. The van der Waals surface area contributed by atoms with Gasteiger partial charge >= 0.3 is 0 Å². The topological polar surface area (TPSA) is 67.5 Å². The van der Waals surface area contributed by atoms with Gasteiger partial charge in [-0.1, -0.05) is 0 Å². The van der Waals surface area contributed by atoms with Crippen LogP contribution in [0.2, 0.25) is 0 Å². The maximum atomic E-state index is 12.8. The summed E-state index contributed by atoms with van der Waals surface area (Å²) in [5.74, 6) is 2.61. The van der Waals surface area contributed by atoms with Crippen molar-refractivity contribution in [1.82, 2.24) is 14.9 Å². The van der Waals surface area contributed by atoms with Crippen LogP contribution in [0.15, 0.2) is 30.6 Å². The fourth-order valence-electron chi connectivity index (χ4n) is 3.01. The number of aromatic amines is 1. The number of piperidine rings is 1. The number of hydrogen-bond donors (Lipinski definition) is 1. The van der Waals surface area contributed by atoms with Gasteiger partial charge in [-0.2, -0.15) is 0 Å². The first kappa shape index (κ1) is 15.4. The van der Waals surface area contributed by atoms with Crippen LogP contribution in [0, 0.1) is 0 Å². The molecule has 0 unspecified atom stereocenters. The Morgan fingerprint density at radius 2 is 2.04 bits per heavy atom. The number of methoxy groups -OCH3 is 2. The summed E-state index contributed by atoms with van der Waals surface area (Å²) in [5, 5.41) is 0. The van der Waals surface area contributed by atoms with Crippen molar-refractivity contribution in [2.24, 2.45) is 0 Å². The van der Waals surface area contributed by atoms with Crippen molar-refractivity contribution in [2.45, 2.75) is 18.8 Å². The molecule has 6 nitrogen and oxygen atoms in total. The molecule has 1 aromatic heterocycles. The summed E-state index contributed by atoms with van der Waals surface area (Å²) in [5.41, 5.74) is 0.545. The highest BCUT2D eigenvalue weighted by atomic mass is 16.5. The molecule has 2 aromatic rings. The Labute approximate surface area is 135 Å². The summed E-state index contributed by atoms with van der Waals surface area (Å²) >= 11 is 0. The molecular weight excluding hydrogens is 294 g/mol. The molecule has 1 fully saturated rings. The molecule has 122 valence electrons. The number of rotatable bonds is 4. The van der Waals surface area contributed by atoms with Crippen molar-refractivity contribution in [1.29, 1.82) is 0 Å². The molecule has 3 rings (SSSR count). The number of benzene rings is 1. The van der Waals surface area contributed by atoms with Gasteiger partial charge in [-0.15, -0.1) is 0 Å². The molecule has 1 saturated heterocycles. The largest absolute Gasteiger partial charge is 0.497 e. The number of imidazole rings is 1. The van der Waals surface area contributed by atoms with E-state index >= 15 is 0 Å². The Hall–Kier alpha value is -2.50. The number of amides is 1. The molecule has 1 amide bonds. The quantitative estimate of drug-likeness (QED) is 0.941. The molecule has 2 heterocycles. The molecule has 1 N–H and O–H groups in total. The number of H-pyrrole nitrogens is 1. The number of nitrogens with zero attached hydrogens (tertiary/aromatic N) is 2. The van der Waals surface area contributed by atoms with Crippen LogP contribution in [0.3, 0.4) is 0 Å². The van der Waals surface area contributed by atoms with E-state index in [9.17, 15) is 4.79 Å². The smallest absolute Gasteiger partial charge is 0.257 e. The summed E-state index contributed by atoms with van der Waals surface area (Å²) in [4.78, 5) is 22.2. The van der Waals surface area contributed by atoms with Crippen LogP contribution < -0.4 is 9.47 Å². The fraction of sp³-hybridized carbons (Fsp3) is 0.412. The van der Waals surface area contributed by atoms with E-state index in [1.807, 2.05) is 11.1 Å². The van der Waals surface area contributed by atoms with E-state index in [4.69, 9.17) is 9.47 Å². The zero-order valence-electron chi connectivity index (χ0n) is 13.4. The van der Waals surface area contributed by atoms with E-state index < -0.39 is 0 Å². The van der Waals surface area contributed by atoms with Crippen LogP contribution in [-0.4, -0.2) is 48.1 Å². The molecule has 0 bridgehead atoms. The summed E-state index contributed by atoms with van der Waals surface area (Å²) in [6.07, 6.45) is 5.43. The Morgan fingerprint density at radius 1 is 1.26 bits per heavy atom. The second-order valence-electron chi connectivity index (χ2n) is 5.61. The Morgan fingerprint density at radius 3 is 2.65 bits per heavy atom. The Bertz CT molecular complexity index is 662. The van der Waals surface area contributed by atoms with E-state index in [2.05, 4.69) is 9.97 Å². The van der Waals surface area contributed by atoms with Crippen LogP contribution in [0.4, 0.5) is 0 Å². The second-order valence-corrected chi connectivity index (χ2v) is 5.61. The molecule has 0 radical (unpaired) electrons. The Kier molecular flexibility index (Phi) is 4.50. The highest BCUT2D eigenvalue weighted by Crippen LogP contribution is 2.29. The first-order valence-electron chi connectivity index (χ1n) is 7.73. The first-order valence-corrected chi connectivity index (χ1v) is 7.73. The molecule has 0 aliphatic carbocycles. The molecular formula is C17H21N3O3. The lowest BCUT2D eigenvalue weighted by Gasteiger charge is -2.31. The van der Waals surface area contributed by atoms with Crippen molar-refractivity contribution < 1.29 is 14.3 Å². The highest BCUT2D eigenvalue weighted by Gasteiger charge is 2.27. The highest BCUT2D eigenvalue weighted by molar-refractivity contribution is 5.97. The number of nitrogens with one attached hydrogen (secondary N) is 1. The first-order chi connectivity index (χ1) is 11.2. The van der Waals surface area contributed by atoms with Crippen LogP contribution >= 0.6 is 0 Å². The lowest BCUT2D eigenvalue weighted by Crippen LogP contribution is -2.38. The van der Waals surface area contributed by atoms with Gasteiger partial charge in [0, 0.05) is 31.4 Å². The maximum absolute atomic E-state index is 12.8. The predicted molar refractivity (Wildman–Crippen MR) is 86.0 cm³/mol. The minimum absolute atomic E-state index is 0.0151. The molecule has 23 heavy (non-hydrogen) atoms. The molecule has 0 atom stereocenters. The van der Waals surface area contributed by atoms with Gasteiger partial charge in [-0.25, -0.2) is 4.98 Å². The third-order valence-electron chi connectivity index (χ3n) is 4.33. The van der Waals surface area contributed by atoms with E-state index in [0.29, 0.717) is 36.1 Å². The number of likely N-dealkylation sites (tertiary alicyclic amines) is 1. The number of hydrogen-bond acceptors (Lipinski definition) is 4. The van der Waals surface area contributed by atoms with E-state index in [1.165, 1.54) is 0 Å². The van der Waals surface area contributed by atoms with Crippen molar-refractivity contribution in [3.05, 3.63) is 42.0 Å². The molecule has 6 heteroatoms. The van der Waals surface area contributed by atoms with Gasteiger partial charge < -0.3 is 19.4 Å². The van der Waals surface area contributed by atoms with Crippen molar-refractivity contribution in [3.63, 3.8) is 0 Å². The average Bonchev–Trinajstić information content (AvgIpc) is 3.15. The van der Waals surface area contributed by atoms with Crippen molar-refractivity contribution in [3.8, 4) is 11.5 Å². The van der Waals surface area contributed by atoms with Crippen molar-refractivity contribution >= 4 is 5.91 Å². The number of carbonyl (C=O) groups excluding carboxylic acids is 1. The van der Waals surface area contributed by atoms with E-state index in [0.717, 1.165) is 18.7 Å². The summed E-state index contributed by atoms with van der Waals surface area (Å²) in [6.45, 7) is 1.43. The maximum Gasteiger partial charge on any atom is 0.257 e. The fourth-order valence-corrected chi connectivity index (χ4v) is 3.01. The van der Waals surface area contributed by atoms with Crippen LogP contribution in [0.5, 0.6) is 11.5 Å². The summed E-state index contributed by atoms with van der Waals surface area (Å²) in [6, 6.07) is 5.29. The molecule has 0 spiro atoms. The van der Waals surface area contributed by atoms with E-state index in [-0.39, 0.29) is 5.91 Å². The zero-order chi connectivity index (χ0) is 16.2. The monoisotopic (exact) mass is 315 g/mol. The van der Waals surface area contributed by atoms with E-state index in [1.54, 1.807) is 38.6 Å². The lowest BCUT2D eigenvalue weighted by molar-refractivity contribution is 0.0707.